The Kier molecular flexibility index (Phi) is 2.12. The molecule has 2 saturated carbocycles. The summed E-state index contributed by atoms with van der Waals surface area (Å²) in [6, 6.07) is 1.95. The predicted octanol–water partition coefficient (Wildman–Crippen LogP) is 0.910. The van der Waals surface area contributed by atoms with Crippen molar-refractivity contribution in [1.82, 2.24) is 15.5 Å². The van der Waals surface area contributed by atoms with Gasteiger partial charge in [0.2, 0.25) is 0 Å². The largest absolute Gasteiger partial charge is 0.382 e. The van der Waals surface area contributed by atoms with Gasteiger partial charge in [0.15, 0.2) is 0 Å². The summed E-state index contributed by atoms with van der Waals surface area (Å²) in [7, 11) is 0. The highest BCUT2D eigenvalue weighted by Crippen LogP contribution is 2.44. The standard InChI is InChI=1S/C11H16N4O/c12-9-5-8(14-15-9)11(16)13-10(6-1-2-6)7-3-4-7/h5-7,10H,1-4H2,(H,13,16)(H3,12,14,15). The highest BCUT2D eigenvalue weighted by atomic mass is 16.2. The molecular weight excluding hydrogens is 204 g/mol. The Labute approximate surface area is 93.8 Å². The van der Waals surface area contributed by atoms with E-state index in [9.17, 15) is 4.79 Å². The number of hydrogen-bond donors (Lipinski definition) is 3. The van der Waals surface area contributed by atoms with Crippen LogP contribution in [-0.2, 0) is 0 Å². The van der Waals surface area contributed by atoms with Crippen molar-refractivity contribution in [2.45, 2.75) is 31.7 Å². The second-order valence-electron chi connectivity index (χ2n) is 4.88. The van der Waals surface area contributed by atoms with E-state index in [1.54, 1.807) is 6.07 Å². The van der Waals surface area contributed by atoms with Crippen LogP contribution in [0.4, 0.5) is 5.82 Å². The van der Waals surface area contributed by atoms with Gasteiger partial charge in [-0.2, -0.15) is 5.10 Å². The monoisotopic (exact) mass is 220 g/mol. The van der Waals surface area contributed by atoms with Gasteiger partial charge < -0.3 is 11.1 Å². The predicted molar refractivity (Wildman–Crippen MR) is 59.7 cm³/mol. The highest BCUT2D eigenvalue weighted by molar-refractivity contribution is 5.93. The number of H-pyrrole nitrogens is 1. The number of carbonyl (C=O) groups is 1. The molecule has 1 aromatic rings. The molecule has 0 saturated heterocycles. The second kappa shape index (κ2) is 3.50. The van der Waals surface area contributed by atoms with Gasteiger partial charge in [0, 0.05) is 12.1 Å². The zero-order chi connectivity index (χ0) is 11.1. The number of nitrogens with one attached hydrogen (secondary N) is 2. The smallest absolute Gasteiger partial charge is 0.269 e. The fourth-order valence-corrected chi connectivity index (χ4v) is 2.21. The van der Waals surface area contributed by atoms with E-state index in [4.69, 9.17) is 5.73 Å². The number of hydrogen-bond acceptors (Lipinski definition) is 3. The summed E-state index contributed by atoms with van der Waals surface area (Å²) >= 11 is 0. The number of rotatable bonds is 4. The number of nitrogen functional groups attached to an aromatic ring is 1. The van der Waals surface area contributed by atoms with Gasteiger partial charge in [0.25, 0.3) is 5.91 Å². The van der Waals surface area contributed by atoms with E-state index >= 15 is 0 Å². The van der Waals surface area contributed by atoms with Crippen LogP contribution in [-0.4, -0.2) is 22.1 Å². The minimum Gasteiger partial charge on any atom is -0.382 e. The summed E-state index contributed by atoms with van der Waals surface area (Å²) in [6.07, 6.45) is 5.03. The lowest BCUT2D eigenvalue weighted by Crippen LogP contribution is -2.38. The van der Waals surface area contributed by atoms with Crippen LogP contribution in [0.15, 0.2) is 6.07 Å². The molecule has 4 N–H and O–H groups in total. The molecule has 0 aliphatic heterocycles. The van der Waals surface area contributed by atoms with E-state index < -0.39 is 0 Å². The Morgan fingerprint density at radius 1 is 1.44 bits per heavy atom. The van der Waals surface area contributed by atoms with Gasteiger partial charge in [0.1, 0.15) is 11.5 Å². The first kappa shape index (κ1) is 9.69. The van der Waals surface area contributed by atoms with Crippen LogP contribution in [0.3, 0.4) is 0 Å². The molecule has 0 unspecified atom stereocenters. The molecule has 0 radical (unpaired) electrons. The van der Waals surface area contributed by atoms with Gasteiger partial charge >= 0.3 is 0 Å². The average Bonchev–Trinajstić information content (AvgIpc) is 3.14. The van der Waals surface area contributed by atoms with Gasteiger partial charge in [-0.1, -0.05) is 0 Å². The van der Waals surface area contributed by atoms with Crippen LogP contribution in [0.2, 0.25) is 0 Å². The average molecular weight is 220 g/mol. The molecule has 5 nitrogen and oxygen atoms in total. The van der Waals surface area contributed by atoms with E-state index in [0.717, 1.165) is 0 Å². The van der Waals surface area contributed by atoms with Crippen molar-refractivity contribution in [2.75, 3.05) is 5.73 Å². The maximum Gasteiger partial charge on any atom is 0.269 e. The topological polar surface area (TPSA) is 83.8 Å². The van der Waals surface area contributed by atoms with Gasteiger partial charge in [-0.3, -0.25) is 9.89 Å². The Hall–Kier alpha value is -1.52. The summed E-state index contributed by atoms with van der Waals surface area (Å²) in [5.41, 5.74) is 5.93. The SMILES string of the molecule is Nc1cc(C(=O)NC(C2CC2)C2CC2)[nH]n1. The fourth-order valence-electron chi connectivity index (χ4n) is 2.21. The van der Waals surface area contributed by atoms with Crippen LogP contribution in [0, 0.1) is 11.8 Å². The fraction of sp³-hybridized carbons (Fsp3) is 0.636. The molecule has 3 rings (SSSR count). The maximum absolute atomic E-state index is 11.9. The number of anilines is 1. The first-order valence-corrected chi connectivity index (χ1v) is 5.86. The number of aromatic nitrogens is 2. The summed E-state index contributed by atoms with van der Waals surface area (Å²) < 4.78 is 0. The summed E-state index contributed by atoms with van der Waals surface area (Å²) in [5.74, 6) is 1.70. The molecule has 5 heteroatoms. The first-order valence-electron chi connectivity index (χ1n) is 5.86. The van der Waals surface area contributed by atoms with Crippen molar-refractivity contribution in [3.8, 4) is 0 Å². The number of nitrogens with zero attached hydrogens (tertiary/aromatic N) is 1. The molecule has 2 fully saturated rings. The number of aromatic amines is 1. The van der Waals surface area contributed by atoms with E-state index in [1.165, 1.54) is 25.7 Å². The van der Waals surface area contributed by atoms with E-state index in [1.807, 2.05) is 0 Å². The van der Waals surface area contributed by atoms with Crippen molar-refractivity contribution in [1.29, 1.82) is 0 Å². The molecule has 1 amide bonds. The zero-order valence-electron chi connectivity index (χ0n) is 9.07. The maximum atomic E-state index is 11.9. The van der Waals surface area contributed by atoms with Gasteiger partial charge in [-0.15, -0.1) is 0 Å². The van der Waals surface area contributed by atoms with E-state index in [0.29, 0.717) is 29.4 Å². The lowest BCUT2D eigenvalue weighted by Gasteiger charge is -2.16. The van der Waals surface area contributed by atoms with Crippen molar-refractivity contribution in [3.05, 3.63) is 11.8 Å². The number of carbonyl (C=O) groups excluding carboxylic acids is 1. The second-order valence-corrected chi connectivity index (χ2v) is 4.88. The van der Waals surface area contributed by atoms with E-state index in [2.05, 4.69) is 15.5 Å². The Balaban J connectivity index is 1.66. The number of amides is 1. The molecule has 1 aromatic heterocycles. The van der Waals surface area contributed by atoms with Crippen LogP contribution in [0.5, 0.6) is 0 Å². The van der Waals surface area contributed by atoms with Crippen LogP contribution in [0.1, 0.15) is 36.2 Å². The van der Waals surface area contributed by atoms with Gasteiger partial charge in [-0.25, -0.2) is 0 Å². The third-order valence-corrected chi connectivity index (χ3v) is 3.40. The normalized spacial score (nSPS) is 20.1. The molecule has 0 spiro atoms. The molecule has 0 atom stereocenters. The third-order valence-electron chi connectivity index (χ3n) is 3.40. The van der Waals surface area contributed by atoms with Crippen LogP contribution in [0.25, 0.3) is 0 Å². The van der Waals surface area contributed by atoms with Crippen molar-refractivity contribution in [3.63, 3.8) is 0 Å². The van der Waals surface area contributed by atoms with Gasteiger partial charge in [-0.05, 0) is 37.5 Å². The Morgan fingerprint density at radius 3 is 2.50 bits per heavy atom. The molecule has 1 heterocycles. The van der Waals surface area contributed by atoms with E-state index in [-0.39, 0.29) is 5.91 Å². The number of nitrogens with two attached hydrogens (primary N) is 1. The molecule has 86 valence electrons. The summed E-state index contributed by atoms with van der Waals surface area (Å²) in [5, 5.41) is 9.50. The molecule has 16 heavy (non-hydrogen) atoms. The van der Waals surface area contributed by atoms with Crippen molar-refractivity contribution < 1.29 is 4.79 Å². The minimum absolute atomic E-state index is 0.0759. The quantitative estimate of drug-likeness (QED) is 0.705. The minimum atomic E-state index is -0.0759. The lowest BCUT2D eigenvalue weighted by molar-refractivity contribution is 0.0921. The summed E-state index contributed by atoms with van der Waals surface area (Å²) in [4.78, 5) is 11.9. The third kappa shape index (κ3) is 1.89. The Morgan fingerprint density at radius 2 is 2.06 bits per heavy atom. The lowest BCUT2D eigenvalue weighted by atomic mass is 10.1. The van der Waals surface area contributed by atoms with Crippen LogP contribution < -0.4 is 11.1 Å². The van der Waals surface area contributed by atoms with Crippen molar-refractivity contribution >= 4 is 11.7 Å². The molecule has 2 aliphatic rings. The first-order chi connectivity index (χ1) is 7.74. The molecular formula is C11H16N4O. The highest BCUT2D eigenvalue weighted by Gasteiger charge is 2.42. The molecule has 0 bridgehead atoms. The van der Waals surface area contributed by atoms with Crippen molar-refractivity contribution in [2.24, 2.45) is 11.8 Å². The molecule has 0 aromatic carbocycles. The van der Waals surface area contributed by atoms with Gasteiger partial charge in [0.05, 0.1) is 0 Å². The Bertz CT molecular complexity index is 394. The zero-order valence-corrected chi connectivity index (χ0v) is 9.07. The summed E-state index contributed by atoms with van der Waals surface area (Å²) in [6.45, 7) is 0. The molecule has 2 aliphatic carbocycles. The van der Waals surface area contributed by atoms with Crippen LogP contribution >= 0.6 is 0 Å².